The van der Waals surface area contributed by atoms with E-state index in [9.17, 15) is 4.79 Å². The topological polar surface area (TPSA) is 59.9 Å². The Bertz CT molecular complexity index is 704. The standard InChI is InChI=1S/C18H19BrN2O3/c1-2-11-23-16-9-5-3-7-14(16)12-20-21-18(22)13-24-17-10-6-4-8-15(17)19/h3-10,12H,2,11,13H2,1H3,(H,21,22)/b20-12+. The van der Waals surface area contributed by atoms with Gasteiger partial charge in [-0.1, -0.05) is 31.2 Å². The van der Waals surface area contributed by atoms with Crippen LogP contribution in [0.5, 0.6) is 11.5 Å². The maximum absolute atomic E-state index is 11.8. The van der Waals surface area contributed by atoms with Crippen LogP contribution in [0.1, 0.15) is 18.9 Å². The van der Waals surface area contributed by atoms with E-state index in [2.05, 4.69) is 26.5 Å². The SMILES string of the molecule is CCCOc1ccccc1/C=N/NC(=O)COc1ccccc1Br. The van der Waals surface area contributed by atoms with Crippen LogP contribution >= 0.6 is 15.9 Å². The van der Waals surface area contributed by atoms with E-state index in [-0.39, 0.29) is 12.5 Å². The quantitative estimate of drug-likeness (QED) is 0.551. The van der Waals surface area contributed by atoms with Gasteiger partial charge < -0.3 is 9.47 Å². The van der Waals surface area contributed by atoms with Gasteiger partial charge in [0.05, 0.1) is 17.3 Å². The maximum Gasteiger partial charge on any atom is 0.277 e. The molecule has 1 N–H and O–H groups in total. The van der Waals surface area contributed by atoms with Crippen LogP contribution in [0, 0.1) is 0 Å². The summed E-state index contributed by atoms with van der Waals surface area (Å²) in [7, 11) is 0. The van der Waals surface area contributed by atoms with Crippen LogP contribution in [0.2, 0.25) is 0 Å². The summed E-state index contributed by atoms with van der Waals surface area (Å²) in [5, 5.41) is 3.95. The van der Waals surface area contributed by atoms with Gasteiger partial charge in [-0.05, 0) is 46.6 Å². The highest BCUT2D eigenvalue weighted by Crippen LogP contribution is 2.23. The average Bonchev–Trinajstić information content (AvgIpc) is 2.60. The van der Waals surface area contributed by atoms with Crippen LogP contribution in [-0.2, 0) is 4.79 Å². The van der Waals surface area contributed by atoms with Crippen molar-refractivity contribution in [3.63, 3.8) is 0 Å². The van der Waals surface area contributed by atoms with Crippen LogP contribution in [0.25, 0.3) is 0 Å². The average molecular weight is 391 g/mol. The summed E-state index contributed by atoms with van der Waals surface area (Å²) in [6.07, 6.45) is 2.48. The molecule has 2 aromatic rings. The van der Waals surface area contributed by atoms with Gasteiger partial charge in [-0.3, -0.25) is 4.79 Å². The zero-order chi connectivity index (χ0) is 17.2. The molecule has 24 heavy (non-hydrogen) atoms. The van der Waals surface area contributed by atoms with E-state index in [4.69, 9.17) is 9.47 Å². The largest absolute Gasteiger partial charge is 0.493 e. The lowest BCUT2D eigenvalue weighted by Gasteiger charge is -2.08. The molecule has 0 aliphatic carbocycles. The van der Waals surface area contributed by atoms with E-state index in [1.807, 2.05) is 49.4 Å². The molecule has 0 aliphatic heterocycles. The number of hydrogen-bond acceptors (Lipinski definition) is 4. The van der Waals surface area contributed by atoms with Gasteiger partial charge in [0.15, 0.2) is 6.61 Å². The molecule has 6 heteroatoms. The number of hydrogen-bond donors (Lipinski definition) is 1. The molecular weight excluding hydrogens is 372 g/mol. The van der Waals surface area contributed by atoms with Gasteiger partial charge in [0.2, 0.25) is 0 Å². The number of halogens is 1. The smallest absolute Gasteiger partial charge is 0.277 e. The second-order valence-electron chi connectivity index (χ2n) is 4.90. The predicted octanol–water partition coefficient (Wildman–Crippen LogP) is 3.77. The Balaban J connectivity index is 1.85. The van der Waals surface area contributed by atoms with Gasteiger partial charge in [0.25, 0.3) is 5.91 Å². The van der Waals surface area contributed by atoms with Crippen molar-refractivity contribution in [2.75, 3.05) is 13.2 Å². The second kappa shape index (κ2) is 9.72. The number of benzene rings is 2. The van der Waals surface area contributed by atoms with E-state index < -0.39 is 0 Å². The van der Waals surface area contributed by atoms with Gasteiger partial charge in [0.1, 0.15) is 11.5 Å². The number of hydrazone groups is 1. The number of ether oxygens (including phenoxy) is 2. The van der Waals surface area contributed by atoms with Crippen molar-refractivity contribution in [2.24, 2.45) is 5.10 Å². The first-order chi connectivity index (χ1) is 11.7. The number of amides is 1. The fraction of sp³-hybridized carbons (Fsp3) is 0.222. The minimum atomic E-state index is -0.339. The molecule has 0 fully saturated rings. The summed E-state index contributed by atoms with van der Waals surface area (Å²) in [6, 6.07) is 14.9. The lowest BCUT2D eigenvalue weighted by Crippen LogP contribution is -2.24. The van der Waals surface area contributed by atoms with Crippen molar-refractivity contribution in [3.8, 4) is 11.5 Å². The van der Waals surface area contributed by atoms with E-state index in [1.165, 1.54) is 0 Å². The van der Waals surface area contributed by atoms with Crippen molar-refractivity contribution in [1.29, 1.82) is 0 Å². The Labute approximate surface area is 149 Å². The summed E-state index contributed by atoms with van der Waals surface area (Å²) in [5.41, 5.74) is 3.24. The first kappa shape index (κ1) is 18.0. The third kappa shape index (κ3) is 5.70. The van der Waals surface area contributed by atoms with Crippen molar-refractivity contribution in [2.45, 2.75) is 13.3 Å². The number of nitrogens with zero attached hydrogens (tertiary/aromatic N) is 1. The summed E-state index contributed by atoms with van der Waals surface area (Å²) in [4.78, 5) is 11.8. The van der Waals surface area contributed by atoms with E-state index >= 15 is 0 Å². The van der Waals surface area contributed by atoms with Crippen molar-refractivity contribution >= 4 is 28.1 Å². The van der Waals surface area contributed by atoms with Gasteiger partial charge >= 0.3 is 0 Å². The number of para-hydroxylation sites is 2. The molecule has 0 saturated carbocycles. The summed E-state index contributed by atoms with van der Waals surface area (Å²) >= 11 is 3.36. The molecule has 0 heterocycles. The van der Waals surface area contributed by atoms with Gasteiger partial charge in [-0.2, -0.15) is 5.10 Å². The van der Waals surface area contributed by atoms with Crippen molar-refractivity contribution in [1.82, 2.24) is 5.43 Å². The third-order valence-corrected chi connectivity index (χ3v) is 3.62. The maximum atomic E-state index is 11.8. The molecule has 0 aliphatic rings. The third-order valence-electron chi connectivity index (χ3n) is 2.97. The van der Waals surface area contributed by atoms with Gasteiger partial charge in [0, 0.05) is 5.56 Å². The number of carbonyl (C=O) groups excluding carboxylic acids is 1. The first-order valence-electron chi connectivity index (χ1n) is 7.61. The first-order valence-corrected chi connectivity index (χ1v) is 8.41. The molecule has 0 saturated heterocycles. The van der Waals surface area contributed by atoms with E-state index in [1.54, 1.807) is 12.3 Å². The zero-order valence-corrected chi connectivity index (χ0v) is 15.0. The monoisotopic (exact) mass is 390 g/mol. The van der Waals surface area contributed by atoms with Gasteiger partial charge in [-0.15, -0.1) is 0 Å². The molecule has 2 aromatic carbocycles. The highest BCUT2D eigenvalue weighted by molar-refractivity contribution is 9.10. The fourth-order valence-corrected chi connectivity index (χ4v) is 2.24. The minimum Gasteiger partial charge on any atom is -0.493 e. The van der Waals surface area contributed by atoms with Crippen LogP contribution < -0.4 is 14.9 Å². The molecule has 0 radical (unpaired) electrons. The normalized spacial score (nSPS) is 10.6. The summed E-state index contributed by atoms with van der Waals surface area (Å²) in [5.74, 6) is 1.01. The minimum absolute atomic E-state index is 0.117. The van der Waals surface area contributed by atoms with Gasteiger partial charge in [-0.25, -0.2) is 5.43 Å². The highest BCUT2D eigenvalue weighted by atomic mass is 79.9. The molecule has 2 rings (SSSR count). The lowest BCUT2D eigenvalue weighted by molar-refractivity contribution is -0.123. The molecule has 0 unspecified atom stereocenters. The van der Waals surface area contributed by atoms with Crippen LogP contribution in [0.3, 0.4) is 0 Å². The Morgan fingerprint density at radius 3 is 2.58 bits per heavy atom. The molecule has 0 spiro atoms. The van der Waals surface area contributed by atoms with Crippen molar-refractivity contribution in [3.05, 3.63) is 58.6 Å². The highest BCUT2D eigenvalue weighted by Gasteiger charge is 2.04. The number of rotatable bonds is 8. The van der Waals surface area contributed by atoms with Crippen LogP contribution in [0.15, 0.2) is 58.1 Å². The Hall–Kier alpha value is -2.34. The molecule has 5 nitrogen and oxygen atoms in total. The Morgan fingerprint density at radius 1 is 1.12 bits per heavy atom. The molecule has 0 atom stereocenters. The second-order valence-corrected chi connectivity index (χ2v) is 5.75. The molecule has 0 aromatic heterocycles. The summed E-state index contributed by atoms with van der Waals surface area (Å²) in [6.45, 7) is 2.56. The van der Waals surface area contributed by atoms with Crippen molar-refractivity contribution < 1.29 is 14.3 Å². The van der Waals surface area contributed by atoms with Crippen LogP contribution in [-0.4, -0.2) is 25.3 Å². The molecule has 0 bridgehead atoms. The Kier molecular flexibility index (Phi) is 7.29. The molecule has 1 amide bonds. The molecule has 126 valence electrons. The predicted molar refractivity (Wildman–Crippen MR) is 97.6 cm³/mol. The zero-order valence-electron chi connectivity index (χ0n) is 13.4. The Morgan fingerprint density at radius 2 is 1.83 bits per heavy atom. The lowest BCUT2D eigenvalue weighted by atomic mass is 10.2. The van der Waals surface area contributed by atoms with E-state index in [0.717, 1.165) is 22.2 Å². The number of carbonyl (C=O) groups is 1. The van der Waals surface area contributed by atoms with E-state index in [0.29, 0.717) is 12.4 Å². The fourth-order valence-electron chi connectivity index (χ4n) is 1.84. The summed E-state index contributed by atoms with van der Waals surface area (Å²) < 4.78 is 11.8. The van der Waals surface area contributed by atoms with Crippen LogP contribution in [0.4, 0.5) is 0 Å². The molecular formula is C18H19BrN2O3. The number of nitrogens with one attached hydrogen (secondary N) is 1.